The Labute approximate surface area is 199 Å². The van der Waals surface area contributed by atoms with Crippen LogP contribution in [0.4, 0.5) is 5.69 Å². The topological polar surface area (TPSA) is 101 Å². The Kier molecular flexibility index (Phi) is 6.29. The first-order valence-electron chi connectivity index (χ1n) is 11.7. The van der Waals surface area contributed by atoms with Gasteiger partial charge in [-0.25, -0.2) is 4.68 Å². The zero-order chi connectivity index (χ0) is 23.5. The van der Waals surface area contributed by atoms with E-state index < -0.39 is 0 Å². The van der Waals surface area contributed by atoms with Crippen molar-refractivity contribution in [3.05, 3.63) is 101 Å². The molecule has 0 saturated heterocycles. The van der Waals surface area contributed by atoms with Crippen molar-refractivity contribution in [3.8, 4) is 5.69 Å². The van der Waals surface area contributed by atoms with E-state index in [1.54, 1.807) is 10.7 Å². The number of H-pyrrole nitrogens is 1. The maximum Gasteiger partial charge on any atom is 0.274 e. The minimum Gasteiger partial charge on any atom is -0.367 e. The van der Waals surface area contributed by atoms with Crippen LogP contribution >= 0.6 is 0 Å². The van der Waals surface area contributed by atoms with Crippen molar-refractivity contribution in [2.24, 2.45) is 11.7 Å². The highest BCUT2D eigenvalue weighted by atomic mass is 16.2. The average Bonchev–Trinajstić information content (AvgIpc) is 3.35. The number of aromatic amines is 1. The summed E-state index contributed by atoms with van der Waals surface area (Å²) in [5.41, 5.74) is 11.9. The summed E-state index contributed by atoms with van der Waals surface area (Å²) in [5.74, 6) is 0.561. The standard InChI is InChI=1S/C27H30N6O/c1-18-12-25(33(32-18)24-7-2-4-20(13-24)15-28)27(34)31-23-6-3-5-21(14-23)26(22-10-11-29-17-22)30-16-19-8-9-19/h2-7,10-14,17,19,26,29-30H,8-9,15-16,28H2,1H3,(H,31,34). The van der Waals surface area contributed by atoms with Gasteiger partial charge >= 0.3 is 0 Å². The lowest BCUT2D eigenvalue weighted by Crippen LogP contribution is -2.24. The number of anilines is 1. The van der Waals surface area contributed by atoms with Crippen molar-refractivity contribution in [3.63, 3.8) is 0 Å². The molecule has 7 nitrogen and oxygen atoms in total. The van der Waals surface area contributed by atoms with E-state index in [1.165, 1.54) is 18.4 Å². The Morgan fingerprint density at radius 2 is 2.00 bits per heavy atom. The molecular weight excluding hydrogens is 424 g/mol. The molecule has 174 valence electrons. The summed E-state index contributed by atoms with van der Waals surface area (Å²) < 4.78 is 1.67. The van der Waals surface area contributed by atoms with E-state index in [1.807, 2.05) is 61.8 Å². The number of aryl methyl sites for hydroxylation is 1. The Bertz CT molecular complexity index is 1270. The third-order valence-corrected chi connectivity index (χ3v) is 6.20. The summed E-state index contributed by atoms with van der Waals surface area (Å²) in [7, 11) is 0. The van der Waals surface area contributed by atoms with Gasteiger partial charge in [0.2, 0.25) is 0 Å². The number of carbonyl (C=O) groups is 1. The highest BCUT2D eigenvalue weighted by Crippen LogP contribution is 2.30. The van der Waals surface area contributed by atoms with Gasteiger partial charge in [-0.05, 0) is 85.3 Å². The fraction of sp³-hybridized carbons (Fsp3) is 0.259. The van der Waals surface area contributed by atoms with E-state index >= 15 is 0 Å². The smallest absolute Gasteiger partial charge is 0.274 e. The van der Waals surface area contributed by atoms with Crippen molar-refractivity contribution in [1.29, 1.82) is 0 Å². The molecular formula is C27H30N6O. The SMILES string of the molecule is Cc1cc(C(=O)Nc2cccc(C(NCC3CC3)c3cc[nH]c3)c2)n(-c2cccc(CN)c2)n1. The molecule has 0 aliphatic heterocycles. The summed E-state index contributed by atoms with van der Waals surface area (Å²) in [6.07, 6.45) is 6.55. The predicted molar refractivity (Wildman–Crippen MR) is 134 cm³/mol. The number of hydrogen-bond acceptors (Lipinski definition) is 4. The molecule has 0 bridgehead atoms. The van der Waals surface area contributed by atoms with Crippen LogP contribution in [0.5, 0.6) is 0 Å². The minimum absolute atomic E-state index is 0.0653. The zero-order valence-electron chi connectivity index (χ0n) is 19.3. The number of carbonyl (C=O) groups excluding carboxylic acids is 1. The van der Waals surface area contributed by atoms with Crippen molar-refractivity contribution in [2.45, 2.75) is 32.4 Å². The molecule has 2 aromatic heterocycles. The summed E-state index contributed by atoms with van der Waals surface area (Å²) in [6, 6.07) is 19.8. The van der Waals surface area contributed by atoms with Gasteiger partial charge in [0, 0.05) is 24.6 Å². The fourth-order valence-corrected chi connectivity index (χ4v) is 4.22. The lowest BCUT2D eigenvalue weighted by atomic mass is 10.0. The van der Waals surface area contributed by atoms with Gasteiger partial charge in [0.15, 0.2) is 0 Å². The van der Waals surface area contributed by atoms with Crippen LogP contribution in [0.2, 0.25) is 0 Å². The quantitative estimate of drug-likeness (QED) is 0.303. The summed E-state index contributed by atoms with van der Waals surface area (Å²) in [5, 5.41) is 11.3. The molecule has 5 rings (SSSR count). The molecule has 1 aliphatic carbocycles. The van der Waals surface area contributed by atoms with E-state index in [9.17, 15) is 4.79 Å². The number of amides is 1. The van der Waals surface area contributed by atoms with Gasteiger partial charge < -0.3 is 21.4 Å². The lowest BCUT2D eigenvalue weighted by Gasteiger charge is -2.19. The molecule has 2 aromatic carbocycles. The summed E-state index contributed by atoms with van der Waals surface area (Å²) in [6.45, 7) is 3.31. The van der Waals surface area contributed by atoms with Crippen molar-refractivity contribution < 1.29 is 4.79 Å². The van der Waals surface area contributed by atoms with Crippen LogP contribution in [0.25, 0.3) is 5.69 Å². The van der Waals surface area contributed by atoms with E-state index in [2.05, 4.69) is 32.8 Å². The second kappa shape index (κ2) is 9.67. The molecule has 34 heavy (non-hydrogen) atoms. The van der Waals surface area contributed by atoms with Crippen LogP contribution < -0.4 is 16.4 Å². The fourth-order valence-electron chi connectivity index (χ4n) is 4.22. The molecule has 1 atom stereocenters. The van der Waals surface area contributed by atoms with Gasteiger partial charge in [0.1, 0.15) is 5.69 Å². The first-order chi connectivity index (χ1) is 16.6. The Morgan fingerprint density at radius 1 is 1.15 bits per heavy atom. The van der Waals surface area contributed by atoms with Crippen LogP contribution in [0.15, 0.2) is 73.1 Å². The van der Waals surface area contributed by atoms with Crippen LogP contribution in [0.1, 0.15) is 51.8 Å². The first kappa shape index (κ1) is 22.1. The average molecular weight is 455 g/mol. The van der Waals surface area contributed by atoms with E-state index in [4.69, 9.17) is 5.73 Å². The molecule has 1 aliphatic rings. The normalized spacial score (nSPS) is 14.2. The van der Waals surface area contributed by atoms with Crippen LogP contribution in [-0.4, -0.2) is 27.2 Å². The molecule has 4 aromatic rings. The van der Waals surface area contributed by atoms with Crippen LogP contribution in [0.3, 0.4) is 0 Å². The molecule has 7 heteroatoms. The first-order valence-corrected chi connectivity index (χ1v) is 11.7. The minimum atomic E-state index is -0.208. The van der Waals surface area contributed by atoms with E-state index in [0.29, 0.717) is 12.2 Å². The molecule has 2 heterocycles. The second-order valence-corrected chi connectivity index (χ2v) is 8.97. The van der Waals surface area contributed by atoms with Crippen molar-refractivity contribution in [2.75, 3.05) is 11.9 Å². The zero-order valence-corrected chi connectivity index (χ0v) is 19.3. The molecule has 5 N–H and O–H groups in total. The summed E-state index contributed by atoms with van der Waals surface area (Å²) >= 11 is 0. The monoisotopic (exact) mass is 454 g/mol. The molecule has 1 saturated carbocycles. The molecule has 1 unspecified atom stereocenters. The number of benzene rings is 2. The molecule has 1 fully saturated rings. The molecule has 0 radical (unpaired) electrons. The highest BCUT2D eigenvalue weighted by molar-refractivity contribution is 6.03. The Hall–Kier alpha value is -3.68. The van der Waals surface area contributed by atoms with Gasteiger partial charge in [-0.15, -0.1) is 0 Å². The number of nitrogens with one attached hydrogen (secondary N) is 3. The predicted octanol–water partition coefficient (Wildman–Crippen LogP) is 4.31. The van der Waals surface area contributed by atoms with E-state index in [0.717, 1.165) is 40.7 Å². The van der Waals surface area contributed by atoms with Gasteiger partial charge in [-0.2, -0.15) is 5.10 Å². The lowest BCUT2D eigenvalue weighted by molar-refractivity contribution is 0.101. The van der Waals surface area contributed by atoms with Crippen molar-refractivity contribution >= 4 is 11.6 Å². The largest absolute Gasteiger partial charge is 0.367 e. The third kappa shape index (κ3) is 4.95. The van der Waals surface area contributed by atoms with E-state index in [-0.39, 0.29) is 11.9 Å². The number of nitrogens with zero attached hydrogens (tertiary/aromatic N) is 2. The Morgan fingerprint density at radius 3 is 2.76 bits per heavy atom. The molecule has 1 amide bonds. The Balaban J connectivity index is 1.39. The van der Waals surface area contributed by atoms with Gasteiger partial charge in [0.05, 0.1) is 17.4 Å². The maximum atomic E-state index is 13.3. The third-order valence-electron chi connectivity index (χ3n) is 6.20. The number of nitrogens with two attached hydrogens (primary N) is 1. The number of hydrogen-bond donors (Lipinski definition) is 4. The maximum absolute atomic E-state index is 13.3. The van der Waals surface area contributed by atoms with Crippen LogP contribution in [-0.2, 0) is 6.54 Å². The molecule has 0 spiro atoms. The number of aromatic nitrogens is 3. The van der Waals surface area contributed by atoms with Gasteiger partial charge in [0.25, 0.3) is 5.91 Å². The second-order valence-electron chi connectivity index (χ2n) is 8.97. The van der Waals surface area contributed by atoms with Crippen LogP contribution in [0, 0.1) is 12.8 Å². The number of rotatable bonds is 9. The summed E-state index contributed by atoms with van der Waals surface area (Å²) in [4.78, 5) is 16.4. The van der Waals surface area contributed by atoms with Crippen molar-refractivity contribution in [1.82, 2.24) is 20.1 Å². The van der Waals surface area contributed by atoms with Gasteiger partial charge in [-0.3, -0.25) is 4.79 Å². The van der Waals surface area contributed by atoms with Gasteiger partial charge in [-0.1, -0.05) is 24.3 Å². The highest BCUT2D eigenvalue weighted by Gasteiger charge is 2.24.